The molecule has 3 amide bonds. The minimum atomic E-state index is -1.13. The lowest BCUT2D eigenvalue weighted by atomic mass is 9.54. The van der Waals surface area contributed by atoms with Gasteiger partial charge in [0.05, 0.1) is 11.8 Å². The summed E-state index contributed by atoms with van der Waals surface area (Å²) in [5.74, 6) is -1.12. The van der Waals surface area contributed by atoms with Crippen molar-refractivity contribution in [2.24, 2.45) is 17.8 Å². The molecule has 38 heavy (non-hydrogen) atoms. The highest BCUT2D eigenvalue weighted by atomic mass is 35.5. The highest BCUT2D eigenvalue weighted by Crippen LogP contribution is 2.69. The van der Waals surface area contributed by atoms with Gasteiger partial charge < -0.3 is 5.32 Å². The fourth-order valence-corrected chi connectivity index (χ4v) is 8.48. The van der Waals surface area contributed by atoms with Crippen molar-refractivity contribution in [2.75, 3.05) is 6.54 Å². The van der Waals surface area contributed by atoms with Crippen LogP contribution >= 0.6 is 23.2 Å². The first kappa shape index (κ1) is 25.9. The highest BCUT2D eigenvalue weighted by Gasteiger charge is 2.72. The lowest BCUT2D eigenvalue weighted by molar-refractivity contribution is -0.140. The number of hydrogen-bond donors (Lipinski definition) is 1. The lowest BCUT2D eigenvalue weighted by Gasteiger charge is -2.54. The molecule has 2 aromatic rings. The van der Waals surface area contributed by atoms with E-state index in [1.54, 1.807) is 0 Å². The van der Waals surface area contributed by atoms with Crippen molar-refractivity contribution in [3.05, 3.63) is 70.8 Å². The van der Waals surface area contributed by atoms with Crippen LogP contribution in [0.15, 0.2) is 48.5 Å². The maximum Gasteiger partial charge on any atom is 0.235 e. The van der Waals surface area contributed by atoms with E-state index < -0.39 is 21.6 Å². The first-order chi connectivity index (χ1) is 18.3. The Morgan fingerprint density at radius 1 is 0.816 bits per heavy atom. The van der Waals surface area contributed by atoms with Crippen molar-refractivity contribution >= 4 is 40.9 Å². The summed E-state index contributed by atoms with van der Waals surface area (Å²) in [6.45, 7) is 2.59. The molecule has 4 aliphatic carbocycles. The SMILES string of the molecule is CC1CCC(NC(=O)CCCCCN2C(=O)[C@@H]3[C@@H](C2=O)C2(Cl)c4ccccc4C3(Cl)c3ccccc32)CC1. The molecular formula is C31H34Cl2N2O3. The smallest absolute Gasteiger partial charge is 0.235 e. The molecule has 2 atom stereocenters. The number of nitrogens with one attached hydrogen (secondary N) is 1. The van der Waals surface area contributed by atoms with Crippen molar-refractivity contribution in [1.82, 2.24) is 10.2 Å². The van der Waals surface area contributed by atoms with E-state index in [1.807, 2.05) is 48.5 Å². The molecule has 1 aliphatic heterocycles. The standard InChI is InChI=1S/C31H34Cl2N2O3/c1-19-14-16-20(17-15-19)34-25(36)13-3-2-8-18-35-28(37)26-27(29(35)38)31(33)22-10-5-4-9-21(22)30(26,32)23-11-6-7-12-24(23)31/h4-7,9-12,19-20,26-27H,2-3,8,13-18H2,1H3,(H,34,36)/t19?,20?,26-,27-,30?,31?/m0/s1. The molecule has 7 rings (SSSR count). The number of carbonyl (C=O) groups is 3. The van der Waals surface area contributed by atoms with Crippen LogP contribution < -0.4 is 5.32 Å². The van der Waals surface area contributed by atoms with Gasteiger partial charge in [-0.1, -0.05) is 61.9 Å². The first-order valence-electron chi connectivity index (χ1n) is 14.0. The van der Waals surface area contributed by atoms with Gasteiger partial charge >= 0.3 is 0 Å². The maximum atomic E-state index is 13.8. The second-order valence-electron chi connectivity index (χ2n) is 11.6. The minimum Gasteiger partial charge on any atom is -0.353 e. The third-order valence-electron chi connectivity index (χ3n) is 9.34. The van der Waals surface area contributed by atoms with E-state index in [-0.39, 0.29) is 17.7 Å². The molecule has 1 heterocycles. The molecule has 0 unspecified atom stereocenters. The lowest BCUT2D eigenvalue weighted by Crippen LogP contribution is -2.57. The summed E-state index contributed by atoms with van der Waals surface area (Å²) in [7, 11) is 0. The monoisotopic (exact) mass is 552 g/mol. The molecule has 2 bridgehead atoms. The molecule has 2 fully saturated rings. The quantitative estimate of drug-likeness (QED) is 0.266. The molecule has 5 aliphatic rings. The highest BCUT2D eigenvalue weighted by molar-refractivity contribution is 6.36. The number of hydrogen-bond acceptors (Lipinski definition) is 3. The molecule has 0 spiro atoms. The zero-order valence-corrected chi connectivity index (χ0v) is 23.2. The fraction of sp³-hybridized carbons (Fsp3) is 0.516. The number of rotatable bonds is 7. The maximum absolute atomic E-state index is 13.8. The largest absolute Gasteiger partial charge is 0.353 e. The third-order valence-corrected chi connectivity index (χ3v) is 10.6. The number of carbonyl (C=O) groups excluding carboxylic acids is 3. The summed E-state index contributed by atoms with van der Waals surface area (Å²) >= 11 is 14.9. The average Bonchev–Trinajstić information content (AvgIpc) is 3.19. The van der Waals surface area contributed by atoms with Crippen LogP contribution in [0.3, 0.4) is 0 Å². The van der Waals surface area contributed by atoms with E-state index >= 15 is 0 Å². The number of alkyl halides is 2. The van der Waals surface area contributed by atoms with Crippen molar-refractivity contribution in [3.63, 3.8) is 0 Å². The van der Waals surface area contributed by atoms with Gasteiger partial charge in [0.15, 0.2) is 0 Å². The Hall–Kier alpha value is -2.37. The molecule has 0 radical (unpaired) electrons. The number of benzene rings is 2. The molecule has 1 saturated carbocycles. The van der Waals surface area contributed by atoms with Crippen molar-refractivity contribution in [1.29, 1.82) is 0 Å². The molecule has 0 aromatic heterocycles. The fourth-order valence-electron chi connectivity index (χ4n) is 7.38. The summed E-state index contributed by atoms with van der Waals surface area (Å²) in [5, 5.41) is 3.17. The molecule has 7 heteroatoms. The number of amides is 3. The zero-order valence-electron chi connectivity index (χ0n) is 21.7. The van der Waals surface area contributed by atoms with Crippen LogP contribution in [0.5, 0.6) is 0 Å². The van der Waals surface area contributed by atoms with Gasteiger partial charge in [0.2, 0.25) is 17.7 Å². The van der Waals surface area contributed by atoms with Gasteiger partial charge in [-0.2, -0.15) is 0 Å². The Morgan fingerprint density at radius 2 is 1.29 bits per heavy atom. The number of nitrogens with zero attached hydrogens (tertiary/aromatic N) is 1. The Bertz CT molecular complexity index is 1160. The van der Waals surface area contributed by atoms with E-state index in [9.17, 15) is 14.4 Å². The number of unbranched alkanes of at least 4 members (excludes halogenated alkanes) is 2. The Balaban J connectivity index is 1.14. The summed E-state index contributed by atoms with van der Waals surface area (Å²) in [6, 6.07) is 15.7. The van der Waals surface area contributed by atoms with Crippen LogP contribution in [-0.2, 0) is 24.1 Å². The van der Waals surface area contributed by atoms with Gasteiger partial charge in [0.25, 0.3) is 0 Å². The molecule has 1 N–H and O–H groups in total. The second-order valence-corrected chi connectivity index (χ2v) is 12.8. The van der Waals surface area contributed by atoms with E-state index in [4.69, 9.17) is 23.2 Å². The Kier molecular flexibility index (Phi) is 6.59. The van der Waals surface area contributed by atoms with E-state index in [0.717, 1.165) is 53.9 Å². The third kappa shape index (κ3) is 3.76. The number of likely N-dealkylation sites (tertiary alicyclic amines) is 1. The predicted molar refractivity (Wildman–Crippen MR) is 148 cm³/mol. The second kappa shape index (κ2) is 9.67. The summed E-state index contributed by atoms with van der Waals surface area (Å²) in [6.07, 6.45) is 7.09. The van der Waals surface area contributed by atoms with Gasteiger partial charge in [0.1, 0.15) is 9.75 Å². The van der Waals surface area contributed by atoms with Gasteiger partial charge in [0, 0.05) is 19.0 Å². The van der Waals surface area contributed by atoms with Crippen LogP contribution in [0.25, 0.3) is 0 Å². The predicted octanol–water partition coefficient (Wildman–Crippen LogP) is 5.83. The molecule has 200 valence electrons. The minimum absolute atomic E-state index is 0.101. The Morgan fingerprint density at radius 3 is 1.76 bits per heavy atom. The van der Waals surface area contributed by atoms with E-state index in [2.05, 4.69) is 12.2 Å². The zero-order chi connectivity index (χ0) is 26.7. The van der Waals surface area contributed by atoms with Crippen molar-refractivity contribution < 1.29 is 14.4 Å². The van der Waals surface area contributed by atoms with Crippen molar-refractivity contribution in [2.45, 2.75) is 74.1 Å². The van der Waals surface area contributed by atoms with Gasteiger partial charge in [-0.15, -0.1) is 23.2 Å². The first-order valence-corrected chi connectivity index (χ1v) is 14.8. The van der Waals surface area contributed by atoms with Crippen LogP contribution in [0.1, 0.15) is 80.5 Å². The van der Waals surface area contributed by atoms with E-state index in [0.29, 0.717) is 25.4 Å². The normalized spacial score (nSPS) is 33.1. The van der Waals surface area contributed by atoms with E-state index in [1.165, 1.54) is 17.7 Å². The van der Waals surface area contributed by atoms with Crippen LogP contribution in [0.4, 0.5) is 0 Å². The van der Waals surface area contributed by atoms with Crippen LogP contribution in [0.2, 0.25) is 0 Å². The molecule has 2 aromatic carbocycles. The molecule has 1 saturated heterocycles. The van der Waals surface area contributed by atoms with Crippen LogP contribution in [0, 0.1) is 17.8 Å². The van der Waals surface area contributed by atoms with Crippen LogP contribution in [-0.4, -0.2) is 35.2 Å². The van der Waals surface area contributed by atoms with Gasteiger partial charge in [-0.05, 0) is 66.7 Å². The number of imide groups is 1. The topological polar surface area (TPSA) is 66.5 Å². The average molecular weight is 554 g/mol. The molecular weight excluding hydrogens is 519 g/mol. The molecule has 5 nitrogen and oxygen atoms in total. The number of halogens is 2. The van der Waals surface area contributed by atoms with Gasteiger partial charge in [-0.25, -0.2) is 0 Å². The van der Waals surface area contributed by atoms with Crippen molar-refractivity contribution in [3.8, 4) is 0 Å². The van der Waals surface area contributed by atoms with Gasteiger partial charge in [-0.3, -0.25) is 19.3 Å². The summed E-state index contributed by atoms with van der Waals surface area (Å²) < 4.78 is 0. The summed E-state index contributed by atoms with van der Waals surface area (Å²) in [4.78, 5) is 39.1. The summed E-state index contributed by atoms with van der Waals surface area (Å²) in [5.41, 5.74) is 3.27. The Labute approximate surface area is 234 Å².